The molecule has 148 valence electrons. The summed E-state index contributed by atoms with van der Waals surface area (Å²) in [7, 11) is 1.28. The van der Waals surface area contributed by atoms with Gasteiger partial charge in [-0.2, -0.15) is 0 Å². The van der Waals surface area contributed by atoms with E-state index in [9.17, 15) is 14.0 Å². The number of methoxy groups -OCH3 is 1. The molecule has 2 aromatic rings. The van der Waals surface area contributed by atoms with E-state index >= 15 is 0 Å². The van der Waals surface area contributed by atoms with Gasteiger partial charge in [0.1, 0.15) is 23.9 Å². The molecule has 1 aliphatic rings. The number of halogens is 1. The molecule has 3 rings (SSSR count). The average Bonchev–Trinajstić information content (AvgIpc) is 3.07. The van der Waals surface area contributed by atoms with Crippen LogP contribution in [0.1, 0.15) is 34.5 Å². The molecule has 6 nitrogen and oxygen atoms in total. The van der Waals surface area contributed by atoms with Crippen LogP contribution in [0.5, 0.6) is 5.75 Å². The van der Waals surface area contributed by atoms with Gasteiger partial charge in [-0.25, -0.2) is 14.2 Å². The molecule has 2 heterocycles. The number of aryl methyl sites for hydroxylation is 2. The third kappa shape index (κ3) is 4.13. The molecule has 28 heavy (non-hydrogen) atoms. The topological polar surface area (TPSA) is 68.7 Å². The summed E-state index contributed by atoms with van der Waals surface area (Å²) in [4.78, 5) is 29.4. The first-order chi connectivity index (χ1) is 13.4. The van der Waals surface area contributed by atoms with Crippen LogP contribution in [0, 0.1) is 19.7 Å². The van der Waals surface area contributed by atoms with Gasteiger partial charge in [0.2, 0.25) is 5.91 Å². The predicted molar refractivity (Wildman–Crippen MR) is 102 cm³/mol. The van der Waals surface area contributed by atoms with E-state index in [2.05, 4.69) is 4.98 Å². The Kier molecular flexibility index (Phi) is 5.92. The molecule has 1 aromatic carbocycles. The zero-order valence-corrected chi connectivity index (χ0v) is 16.3. The average molecular weight is 386 g/mol. The summed E-state index contributed by atoms with van der Waals surface area (Å²) < 4.78 is 25.2. The number of hydrogen-bond donors (Lipinski definition) is 0. The Morgan fingerprint density at radius 2 is 2.04 bits per heavy atom. The normalized spacial score (nSPS) is 13.7. The fraction of sp³-hybridized carbons (Fsp3) is 0.381. The van der Waals surface area contributed by atoms with Crippen LogP contribution in [0.2, 0.25) is 0 Å². The summed E-state index contributed by atoms with van der Waals surface area (Å²) >= 11 is 0. The summed E-state index contributed by atoms with van der Waals surface area (Å²) in [5.41, 5.74) is 2.23. The van der Waals surface area contributed by atoms with E-state index in [0.29, 0.717) is 42.1 Å². The first-order valence-electron chi connectivity index (χ1n) is 9.17. The first kappa shape index (κ1) is 19.8. The van der Waals surface area contributed by atoms with E-state index in [1.165, 1.54) is 13.2 Å². The number of pyridine rings is 1. The van der Waals surface area contributed by atoms with Crippen LogP contribution < -0.4 is 4.74 Å². The van der Waals surface area contributed by atoms with Crippen molar-refractivity contribution >= 4 is 11.9 Å². The zero-order chi connectivity index (χ0) is 20.3. The van der Waals surface area contributed by atoms with Gasteiger partial charge >= 0.3 is 5.97 Å². The molecule has 1 amide bonds. The molecule has 1 aromatic heterocycles. The van der Waals surface area contributed by atoms with E-state index in [1.807, 2.05) is 0 Å². The summed E-state index contributed by atoms with van der Waals surface area (Å²) in [6, 6.07) is 6.30. The van der Waals surface area contributed by atoms with Crippen molar-refractivity contribution in [3.05, 3.63) is 46.9 Å². The van der Waals surface area contributed by atoms with E-state index < -0.39 is 11.8 Å². The van der Waals surface area contributed by atoms with Crippen LogP contribution in [0.3, 0.4) is 0 Å². The molecule has 0 unspecified atom stereocenters. The monoisotopic (exact) mass is 386 g/mol. The minimum Gasteiger partial charge on any atom is -0.492 e. The molecular formula is C21H23FN2O4. The Balaban J connectivity index is 1.80. The predicted octanol–water partition coefficient (Wildman–Crippen LogP) is 3.29. The Labute approximate surface area is 163 Å². The van der Waals surface area contributed by atoms with Crippen LogP contribution in [0.15, 0.2) is 24.3 Å². The SMILES string of the molecule is COC(=O)c1ccc(C)c(-c2c(C)cc(OCCN3CCCC3=O)cc2F)n1. The smallest absolute Gasteiger partial charge is 0.356 e. The summed E-state index contributed by atoms with van der Waals surface area (Å²) in [6.07, 6.45) is 1.46. The number of aromatic nitrogens is 1. The minimum absolute atomic E-state index is 0.123. The molecule has 0 aliphatic carbocycles. The lowest BCUT2D eigenvalue weighted by molar-refractivity contribution is -0.128. The van der Waals surface area contributed by atoms with Gasteiger partial charge in [-0.05, 0) is 43.5 Å². The van der Waals surface area contributed by atoms with Crippen LogP contribution in [0.4, 0.5) is 4.39 Å². The second kappa shape index (κ2) is 8.37. The number of likely N-dealkylation sites (tertiary alicyclic amines) is 1. The van der Waals surface area contributed by atoms with Gasteiger partial charge in [0.25, 0.3) is 0 Å². The van der Waals surface area contributed by atoms with Gasteiger partial charge in [-0.3, -0.25) is 4.79 Å². The quantitative estimate of drug-likeness (QED) is 0.713. The molecule has 1 aliphatic heterocycles. The molecule has 7 heteroatoms. The van der Waals surface area contributed by atoms with Crippen molar-refractivity contribution in [1.82, 2.24) is 9.88 Å². The molecule has 1 saturated heterocycles. The second-order valence-corrected chi connectivity index (χ2v) is 6.78. The van der Waals surface area contributed by atoms with Gasteiger partial charge in [0.15, 0.2) is 0 Å². The highest BCUT2D eigenvalue weighted by atomic mass is 19.1. The standard InChI is InChI=1S/C21H23FN2O4/c1-13-6-7-17(21(26)27-3)23-20(13)19-14(2)11-15(12-16(19)22)28-10-9-24-8-4-5-18(24)25/h6-7,11-12H,4-5,8-10H2,1-3H3. The fourth-order valence-corrected chi connectivity index (χ4v) is 3.31. The van der Waals surface area contributed by atoms with Gasteiger partial charge < -0.3 is 14.4 Å². The van der Waals surface area contributed by atoms with Crippen molar-refractivity contribution < 1.29 is 23.5 Å². The summed E-state index contributed by atoms with van der Waals surface area (Å²) in [5, 5.41) is 0. The molecular weight excluding hydrogens is 363 g/mol. The highest BCUT2D eigenvalue weighted by molar-refractivity contribution is 5.88. The maximum absolute atomic E-state index is 14.9. The van der Waals surface area contributed by atoms with Gasteiger partial charge in [0, 0.05) is 24.6 Å². The molecule has 0 saturated carbocycles. The molecule has 0 atom stereocenters. The lowest BCUT2D eigenvalue weighted by atomic mass is 10.00. The minimum atomic E-state index is -0.573. The van der Waals surface area contributed by atoms with Crippen LogP contribution in [-0.2, 0) is 9.53 Å². The number of esters is 1. The van der Waals surface area contributed by atoms with E-state index in [4.69, 9.17) is 9.47 Å². The summed E-state index contributed by atoms with van der Waals surface area (Å²) in [6.45, 7) is 5.11. The summed E-state index contributed by atoms with van der Waals surface area (Å²) in [5.74, 6) is -0.527. The highest BCUT2D eigenvalue weighted by Gasteiger charge is 2.20. The second-order valence-electron chi connectivity index (χ2n) is 6.78. The van der Waals surface area contributed by atoms with Crippen molar-refractivity contribution in [3.8, 4) is 17.0 Å². The van der Waals surface area contributed by atoms with Crippen LogP contribution in [0.25, 0.3) is 11.3 Å². The Bertz CT molecular complexity index is 890. The van der Waals surface area contributed by atoms with Gasteiger partial charge in [-0.1, -0.05) is 6.07 Å². The number of hydrogen-bond acceptors (Lipinski definition) is 5. The van der Waals surface area contributed by atoms with Crippen molar-refractivity contribution in [1.29, 1.82) is 0 Å². The number of nitrogens with zero attached hydrogens (tertiary/aromatic N) is 2. The number of ether oxygens (including phenoxy) is 2. The molecule has 0 N–H and O–H groups in total. The van der Waals surface area contributed by atoms with E-state index in [-0.39, 0.29) is 11.6 Å². The van der Waals surface area contributed by atoms with Crippen molar-refractivity contribution in [2.45, 2.75) is 26.7 Å². The van der Waals surface area contributed by atoms with E-state index in [0.717, 1.165) is 18.5 Å². The van der Waals surface area contributed by atoms with Crippen LogP contribution in [-0.4, -0.2) is 48.6 Å². The zero-order valence-electron chi connectivity index (χ0n) is 16.3. The maximum atomic E-state index is 14.9. The number of benzene rings is 1. The number of carbonyl (C=O) groups is 2. The number of amides is 1. The van der Waals surface area contributed by atoms with Gasteiger partial charge in [0.05, 0.1) is 19.3 Å². The largest absolute Gasteiger partial charge is 0.492 e. The fourth-order valence-electron chi connectivity index (χ4n) is 3.31. The van der Waals surface area contributed by atoms with E-state index in [1.54, 1.807) is 36.9 Å². The van der Waals surface area contributed by atoms with Crippen molar-refractivity contribution in [3.63, 3.8) is 0 Å². The third-order valence-electron chi connectivity index (χ3n) is 4.79. The molecule has 0 radical (unpaired) electrons. The highest BCUT2D eigenvalue weighted by Crippen LogP contribution is 2.31. The lowest BCUT2D eigenvalue weighted by Gasteiger charge is -2.17. The molecule has 1 fully saturated rings. The van der Waals surface area contributed by atoms with Crippen molar-refractivity contribution in [2.75, 3.05) is 26.8 Å². The number of rotatable bonds is 6. The first-order valence-corrected chi connectivity index (χ1v) is 9.17. The third-order valence-corrected chi connectivity index (χ3v) is 4.79. The van der Waals surface area contributed by atoms with Crippen LogP contribution >= 0.6 is 0 Å². The molecule has 0 bridgehead atoms. The lowest BCUT2D eigenvalue weighted by Crippen LogP contribution is -2.29. The van der Waals surface area contributed by atoms with Crippen molar-refractivity contribution in [2.24, 2.45) is 0 Å². The Morgan fingerprint density at radius 3 is 2.68 bits per heavy atom. The maximum Gasteiger partial charge on any atom is 0.356 e. The van der Waals surface area contributed by atoms with Gasteiger partial charge in [-0.15, -0.1) is 0 Å². The Hall–Kier alpha value is -2.96. The number of carbonyl (C=O) groups excluding carboxylic acids is 2. The Morgan fingerprint density at radius 1 is 1.25 bits per heavy atom. The molecule has 0 spiro atoms.